The van der Waals surface area contributed by atoms with Crippen molar-refractivity contribution in [1.29, 1.82) is 0 Å². The van der Waals surface area contributed by atoms with E-state index in [0.29, 0.717) is 35.8 Å². The third kappa shape index (κ3) is 3.76. The zero-order valence-corrected chi connectivity index (χ0v) is 31.8. The van der Waals surface area contributed by atoms with Gasteiger partial charge in [0.25, 0.3) is 0 Å². The van der Waals surface area contributed by atoms with Gasteiger partial charge in [0.1, 0.15) is 12.2 Å². The van der Waals surface area contributed by atoms with Crippen molar-refractivity contribution < 1.29 is 39.1 Å². The van der Waals surface area contributed by atoms with Crippen LogP contribution < -0.4 is 0 Å². The van der Waals surface area contributed by atoms with Gasteiger partial charge in [-0.2, -0.15) is 0 Å². The Morgan fingerprint density at radius 3 is 2.00 bits per heavy atom. The van der Waals surface area contributed by atoms with Crippen LogP contribution in [0.2, 0.25) is 0 Å². The molecule has 274 valence electrons. The van der Waals surface area contributed by atoms with E-state index in [0.717, 1.165) is 38.5 Å². The number of hydrogen-bond donors (Lipinski definition) is 3. The monoisotopic (exact) mass is 682 g/mol. The molecule has 8 heteroatoms. The second-order valence-corrected chi connectivity index (χ2v) is 19.5. The summed E-state index contributed by atoms with van der Waals surface area (Å²) < 4.78 is 20.5. The van der Waals surface area contributed by atoms with E-state index in [4.69, 9.17) is 14.2 Å². The van der Waals surface area contributed by atoms with Crippen LogP contribution in [0.5, 0.6) is 0 Å². The number of ether oxygens (including phenoxy) is 3. The predicted molar refractivity (Wildman–Crippen MR) is 185 cm³/mol. The van der Waals surface area contributed by atoms with Gasteiger partial charge in [-0.15, -0.1) is 0 Å². The Labute approximate surface area is 293 Å². The summed E-state index contributed by atoms with van der Waals surface area (Å²) >= 11 is 0. The molecule has 1 heterocycles. The normalized spacial score (nSPS) is 53.6. The van der Waals surface area contributed by atoms with Crippen molar-refractivity contribution in [3.8, 4) is 0 Å². The first-order chi connectivity index (χ1) is 22.6. The Hall–Kier alpha value is -1.74. The first-order valence-corrected chi connectivity index (χ1v) is 19.1. The number of carbonyl (C=O) groups excluding carboxylic acids is 2. The van der Waals surface area contributed by atoms with Crippen molar-refractivity contribution >= 4 is 11.9 Å². The largest absolute Gasteiger partial charge is 0.454 e. The second kappa shape index (κ2) is 10.4. The summed E-state index contributed by atoms with van der Waals surface area (Å²) in [6.07, 6.45) is 5.29. The number of hydrogen-bond acceptors (Lipinski definition) is 8. The maximum Gasteiger partial charge on any atom is 0.334 e. The van der Waals surface area contributed by atoms with Gasteiger partial charge in [0.05, 0.1) is 23.2 Å². The van der Waals surface area contributed by atoms with E-state index in [1.165, 1.54) is 0 Å². The zero-order chi connectivity index (χ0) is 36.1. The Bertz CT molecular complexity index is 1510. The number of aliphatic hydroxyl groups excluding tert-OH is 3. The molecule has 0 aromatic rings. The molecule has 1 saturated heterocycles. The highest BCUT2D eigenvalue weighted by atomic mass is 16.6. The van der Waals surface area contributed by atoms with Crippen LogP contribution in [0.1, 0.15) is 128 Å². The lowest BCUT2D eigenvalue weighted by atomic mass is 9.30. The molecule has 8 nitrogen and oxygen atoms in total. The molecule has 3 N–H and O–H groups in total. The summed E-state index contributed by atoms with van der Waals surface area (Å²) in [5.74, 6) is -0.579. The highest BCUT2D eigenvalue weighted by molar-refractivity contribution is 5.89. The maximum atomic E-state index is 13.8. The number of allylic oxidation sites excluding steroid dienone is 2. The van der Waals surface area contributed by atoms with Crippen LogP contribution in [0.25, 0.3) is 0 Å². The Morgan fingerprint density at radius 1 is 0.755 bits per heavy atom. The summed E-state index contributed by atoms with van der Waals surface area (Å²) in [6, 6.07) is 0. The smallest absolute Gasteiger partial charge is 0.334 e. The Balaban J connectivity index is 1.39. The van der Waals surface area contributed by atoms with Crippen LogP contribution in [-0.2, 0) is 23.8 Å². The Morgan fingerprint density at radius 2 is 1.37 bits per heavy atom. The highest BCUT2D eigenvalue weighted by Gasteiger charge is 2.93. The summed E-state index contributed by atoms with van der Waals surface area (Å²) in [6.45, 7) is 22.7. The maximum absolute atomic E-state index is 13.8. The molecule has 7 rings (SSSR count). The molecule has 0 aromatic heterocycles. The van der Waals surface area contributed by atoms with Gasteiger partial charge in [0.2, 0.25) is 0 Å². The van der Waals surface area contributed by atoms with Gasteiger partial charge in [-0.25, -0.2) is 9.59 Å². The SMILES string of the molecule is C/C=C(/C)C(=O)O[C@@H]1[C@]23C4CC(C)(C)[C@@]1(OC(=O)/C(C)=C\C)C(O)[C@H]2O[C@@]41CCC2[C@@]4(C)CC[C@H](O)C(C)(C)C4CC[C@@]2(C)[C@]1(C)C[C@H]3O. The first kappa shape index (κ1) is 35.7. The molecule has 1 aliphatic heterocycles. The Kier molecular flexibility index (Phi) is 7.60. The van der Waals surface area contributed by atoms with Crippen molar-refractivity contribution in [2.75, 3.05) is 0 Å². The summed E-state index contributed by atoms with van der Waals surface area (Å²) in [5, 5.41) is 36.7. The summed E-state index contributed by atoms with van der Waals surface area (Å²) in [4.78, 5) is 27.4. The van der Waals surface area contributed by atoms with E-state index in [1.807, 2.05) is 13.8 Å². The molecule has 4 unspecified atom stereocenters. The molecule has 3 bridgehead atoms. The predicted octanol–water partition coefficient (Wildman–Crippen LogP) is 6.44. The lowest BCUT2D eigenvalue weighted by Gasteiger charge is -2.75. The molecule has 14 atom stereocenters. The minimum Gasteiger partial charge on any atom is -0.454 e. The second-order valence-electron chi connectivity index (χ2n) is 19.5. The molecule has 6 saturated carbocycles. The lowest BCUT2D eigenvalue weighted by molar-refractivity contribution is -0.334. The van der Waals surface area contributed by atoms with Crippen molar-refractivity contribution in [3.05, 3.63) is 23.3 Å². The van der Waals surface area contributed by atoms with Crippen molar-refractivity contribution in [2.24, 2.45) is 50.2 Å². The van der Waals surface area contributed by atoms with E-state index in [-0.39, 0.29) is 28.3 Å². The van der Waals surface area contributed by atoms with Crippen LogP contribution in [-0.4, -0.2) is 69.0 Å². The molecule has 6 aliphatic carbocycles. The van der Waals surface area contributed by atoms with E-state index in [9.17, 15) is 24.9 Å². The van der Waals surface area contributed by atoms with Gasteiger partial charge in [-0.3, -0.25) is 0 Å². The third-order valence-electron chi connectivity index (χ3n) is 17.5. The molecule has 0 aromatic carbocycles. The van der Waals surface area contributed by atoms with Gasteiger partial charge >= 0.3 is 11.9 Å². The zero-order valence-electron chi connectivity index (χ0n) is 31.8. The number of carbonyl (C=O) groups is 2. The fourth-order valence-electron chi connectivity index (χ4n) is 14.6. The molecule has 2 spiro atoms. The van der Waals surface area contributed by atoms with Crippen LogP contribution in [0.4, 0.5) is 0 Å². The standard InChI is InChI=1S/C41H62O8/c1-12-22(3)31(45)47-33-40-26-20-34(5,6)41(33,49-32(46)23(4)13-2)29(44)30(40)48-39(26)19-15-25-36(9)17-16-27(42)35(7,8)24(36)14-18-37(25,10)38(39,11)21-28(40)43/h12-13,24-30,33,42-44H,14-21H2,1-11H3/b22-12-,23-13-/t24?,25?,26?,27-,28+,29?,30+,33+,36-,37+,38-,39-,40-,41+/m0/s1. The fourth-order valence-corrected chi connectivity index (χ4v) is 14.6. The van der Waals surface area contributed by atoms with Crippen molar-refractivity contribution in [2.45, 2.75) is 169 Å². The van der Waals surface area contributed by atoms with Gasteiger partial charge in [-0.1, -0.05) is 60.6 Å². The minimum atomic E-state index is -1.63. The van der Waals surface area contributed by atoms with Crippen LogP contribution >= 0.6 is 0 Å². The van der Waals surface area contributed by atoms with Gasteiger partial charge in [-0.05, 0) is 107 Å². The first-order valence-electron chi connectivity index (χ1n) is 19.1. The average Bonchev–Trinajstić information content (AvgIpc) is 3.36. The topological polar surface area (TPSA) is 123 Å². The van der Waals surface area contributed by atoms with Gasteiger partial charge in [0, 0.05) is 27.9 Å². The van der Waals surface area contributed by atoms with E-state index in [1.54, 1.807) is 39.8 Å². The molecule has 49 heavy (non-hydrogen) atoms. The van der Waals surface area contributed by atoms with Crippen LogP contribution in [0.15, 0.2) is 23.3 Å². The molecular formula is C41H62O8. The highest BCUT2D eigenvalue weighted by Crippen LogP contribution is 2.84. The fraction of sp³-hybridized carbons (Fsp3) is 0.854. The molecule has 0 amide bonds. The molecule has 7 fully saturated rings. The number of rotatable bonds is 4. The quantitative estimate of drug-likeness (QED) is 0.229. The minimum absolute atomic E-state index is 0.0380. The van der Waals surface area contributed by atoms with E-state index < -0.39 is 63.8 Å². The summed E-state index contributed by atoms with van der Waals surface area (Å²) in [7, 11) is 0. The van der Waals surface area contributed by atoms with Crippen LogP contribution in [0.3, 0.4) is 0 Å². The van der Waals surface area contributed by atoms with Crippen molar-refractivity contribution in [1.82, 2.24) is 0 Å². The number of fused-ring (bicyclic) bond motifs is 5. The van der Waals surface area contributed by atoms with Crippen LogP contribution in [0, 0.1) is 50.2 Å². The molecular weight excluding hydrogens is 620 g/mol. The van der Waals surface area contributed by atoms with Gasteiger partial charge in [0.15, 0.2) is 11.7 Å². The molecule has 7 aliphatic rings. The van der Waals surface area contributed by atoms with Crippen molar-refractivity contribution in [3.63, 3.8) is 0 Å². The number of aliphatic hydroxyl groups is 3. The molecule has 0 radical (unpaired) electrons. The average molecular weight is 683 g/mol. The van der Waals surface area contributed by atoms with E-state index >= 15 is 0 Å². The lowest BCUT2D eigenvalue weighted by Crippen LogP contribution is -2.78. The van der Waals surface area contributed by atoms with E-state index in [2.05, 4.69) is 34.6 Å². The summed E-state index contributed by atoms with van der Waals surface area (Å²) in [5.41, 5.74) is -4.23. The number of esters is 2. The van der Waals surface area contributed by atoms with Gasteiger partial charge < -0.3 is 29.5 Å². The third-order valence-corrected chi connectivity index (χ3v) is 17.5.